The highest BCUT2D eigenvalue weighted by molar-refractivity contribution is 7.91. The first-order valence-corrected chi connectivity index (χ1v) is 10.7. The van der Waals surface area contributed by atoms with Crippen molar-refractivity contribution in [2.45, 2.75) is 42.9 Å². The van der Waals surface area contributed by atoms with Crippen LogP contribution < -0.4 is 0 Å². The summed E-state index contributed by atoms with van der Waals surface area (Å²) in [6.45, 7) is 2.81. The topological polar surface area (TPSA) is 95.0 Å². The number of carbonyl (C=O) groups excluding carboxylic acids is 1. The number of carboxylic acids is 1. The van der Waals surface area contributed by atoms with Gasteiger partial charge in [-0.2, -0.15) is 4.31 Å². The number of thiophene rings is 1. The van der Waals surface area contributed by atoms with E-state index in [1.165, 1.54) is 20.5 Å². The summed E-state index contributed by atoms with van der Waals surface area (Å²) in [5.74, 6) is -1.68. The minimum absolute atomic E-state index is 0.126. The van der Waals surface area contributed by atoms with Gasteiger partial charge in [-0.1, -0.05) is 0 Å². The van der Waals surface area contributed by atoms with Crippen LogP contribution in [0.25, 0.3) is 0 Å². The smallest absolute Gasteiger partial charge is 0.326 e. The van der Waals surface area contributed by atoms with Gasteiger partial charge in [0.25, 0.3) is 10.0 Å². The third-order valence-corrected chi connectivity index (χ3v) is 8.20. The fraction of sp³-hybridized carbons (Fsp3) is 0.625. The predicted molar refractivity (Wildman–Crippen MR) is 92.9 cm³/mol. The lowest BCUT2D eigenvalue weighted by molar-refractivity contribution is -0.150. The Morgan fingerprint density at radius 3 is 2.56 bits per heavy atom. The van der Waals surface area contributed by atoms with E-state index in [0.717, 1.165) is 4.88 Å². The number of likely N-dealkylation sites (tertiary alicyclic amines) is 1. The SMILES string of the molecule is Cc1ccc(S(=O)(=O)N2CCCC(C(=O)N3CCC[C@@H]3C(=O)O)C2)s1. The van der Waals surface area contributed by atoms with Crippen molar-refractivity contribution in [2.75, 3.05) is 19.6 Å². The minimum atomic E-state index is -3.60. The average molecular weight is 386 g/mol. The van der Waals surface area contributed by atoms with E-state index in [-0.39, 0.29) is 12.5 Å². The molecule has 2 atom stereocenters. The van der Waals surface area contributed by atoms with Crippen molar-refractivity contribution >= 4 is 33.2 Å². The Morgan fingerprint density at radius 1 is 1.20 bits per heavy atom. The number of aliphatic carboxylic acids is 1. The molecule has 2 aliphatic heterocycles. The third-order valence-electron chi connectivity index (χ3n) is 4.86. The van der Waals surface area contributed by atoms with E-state index < -0.39 is 28.0 Å². The molecule has 1 aromatic rings. The van der Waals surface area contributed by atoms with Crippen molar-refractivity contribution in [2.24, 2.45) is 5.92 Å². The van der Waals surface area contributed by atoms with E-state index in [1.807, 2.05) is 6.92 Å². The molecular formula is C16H22N2O5S2. The summed E-state index contributed by atoms with van der Waals surface area (Å²) >= 11 is 1.22. The molecule has 1 amide bonds. The maximum Gasteiger partial charge on any atom is 0.326 e. The van der Waals surface area contributed by atoms with E-state index in [2.05, 4.69) is 0 Å². The Balaban J connectivity index is 1.75. The van der Waals surface area contributed by atoms with Gasteiger partial charge in [0.05, 0.1) is 5.92 Å². The van der Waals surface area contributed by atoms with Gasteiger partial charge in [0.1, 0.15) is 10.3 Å². The van der Waals surface area contributed by atoms with Crippen molar-refractivity contribution in [1.29, 1.82) is 0 Å². The number of nitrogens with zero attached hydrogens (tertiary/aromatic N) is 2. The summed E-state index contributed by atoms with van der Waals surface area (Å²) in [6, 6.07) is 2.59. The molecule has 0 aromatic carbocycles. The lowest BCUT2D eigenvalue weighted by Crippen LogP contribution is -2.49. The largest absolute Gasteiger partial charge is 0.480 e. The monoisotopic (exact) mass is 386 g/mol. The zero-order valence-corrected chi connectivity index (χ0v) is 15.7. The van der Waals surface area contributed by atoms with E-state index in [9.17, 15) is 23.1 Å². The van der Waals surface area contributed by atoms with Crippen molar-refractivity contribution in [3.8, 4) is 0 Å². The molecule has 25 heavy (non-hydrogen) atoms. The van der Waals surface area contributed by atoms with E-state index in [0.29, 0.717) is 43.0 Å². The first kappa shape index (κ1) is 18.3. The number of rotatable bonds is 4. The molecule has 0 bridgehead atoms. The molecule has 1 aromatic heterocycles. The molecule has 3 rings (SSSR count). The third kappa shape index (κ3) is 3.58. The van der Waals surface area contributed by atoms with Crippen LogP contribution in [0.3, 0.4) is 0 Å². The molecule has 1 N–H and O–H groups in total. The number of piperidine rings is 1. The van der Waals surface area contributed by atoms with Crippen molar-refractivity contribution in [1.82, 2.24) is 9.21 Å². The van der Waals surface area contributed by atoms with Crippen molar-refractivity contribution in [3.05, 3.63) is 17.0 Å². The van der Waals surface area contributed by atoms with Crippen LogP contribution in [0.5, 0.6) is 0 Å². The number of hydrogen-bond acceptors (Lipinski definition) is 5. The molecule has 2 fully saturated rings. The molecule has 0 saturated carbocycles. The first-order chi connectivity index (χ1) is 11.8. The van der Waals surface area contributed by atoms with E-state index in [4.69, 9.17) is 0 Å². The average Bonchev–Trinajstić information content (AvgIpc) is 3.23. The van der Waals surface area contributed by atoms with Gasteiger partial charge in [-0.15, -0.1) is 11.3 Å². The highest BCUT2D eigenvalue weighted by atomic mass is 32.2. The lowest BCUT2D eigenvalue weighted by atomic mass is 9.97. The Labute approximate surface area is 151 Å². The molecule has 138 valence electrons. The molecule has 2 aliphatic rings. The van der Waals surface area contributed by atoms with Gasteiger partial charge in [0.15, 0.2) is 0 Å². The fourth-order valence-corrected chi connectivity index (χ4v) is 6.52. The molecule has 3 heterocycles. The maximum absolute atomic E-state index is 12.8. The van der Waals surface area contributed by atoms with Crippen LogP contribution in [0.2, 0.25) is 0 Å². The second-order valence-electron chi connectivity index (χ2n) is 6.60. The van der Waals surface area contributed by atoms with Gasteiger partial charge in [-0.05, 0) is 44.7 Å². The van der Waals surface area contributed by atoms with Crippen molar-refractivity contribution < 1.29 is 23.1 Å². The maximum atomic E-state index is 12.8. The molecule has 9 heteroatoms. The zero-order chi connectivity index (χ0) is 18.2. The van der Waals surface area contributed by atoms with Gasteiger partial charge >= 0.3 is 5.97 Å². The molecule has 7 nitrogen and oxygen atoms in total. The Morgan fingerprint density at radius 2 is 1.92 bits per heavy atom. The van der Waals surface area contributed by atoms with Crippen molar-refractivity contribution in [3.63, 3.8) is 0 Å². The Kier molecular flexibility index (Phi) is 5.17. The standard InChI is InChI=1S/C16H22N2O5S2/c1-11-6-7-14(24-11)25(22,23)17-8-2-4-12(10-17)15(19)18-9-3-5-13(18)16(20)21/h6-7,12-13H,2-5,8-10H2,1H3,(H,20,21)/t12?,13-/m1/s1. The van der Waals surface area contributed by atoms with Crippen LogP contribution in [0.1, 0.15) is 30.6 Å². The summed E-state index contributed by atoms with van der Waals surface area (Å²) in [5, 5.41) is 9.26. The van der Waals surface area contributed by atoms with E-state index >= 15 is 0 Å². The van der Waals surface area contributed by atoms with E-state index in [1.54, 1.807) is 12.1 Å². The summed E-state index contributed by atoms with van der Waals surface area (Å²) in [4.78, 5) is 26.4. The number of carbonyl (C=O) groups is 2. The number of carboxylic acid groups (broad SMARTS) is 1. The van der Waals surface area contributed by atoms with Gasteiger partial charge in [-0.25, -0.2) is 13.2 Å². The van der Waals surface area contributed by atoms with Crippen LogP contribution in [0.4, 0.5) is 0 Å². The summed E-state index contributed by atoms with van der Waals surface area (Å²) < 4.78 is 27.2. The Bertz CT molecular complexity index is 773. The Hall–Kier alpha value is -1.45. The van der Waals surface area contributed by atoms with Crippen LogP contribution in [0, 0.1) is 12.8 Å². The number of sulfonamides is 1. The van der Waals surface area contributed by atoms with Crippen LogP contribution in [-0.4, -0.2) is 60.3 Å². The predicted octanol–water partition coefficient (Wildman–Crippen LogP) is 1.53. The molecule has 2 saturated heterocycles. The van der Waals surface area contributed by atoms with Crippen LogP contribution in [-0.2, 0) is 19.6 Å². The molecule has 0 radical (unpaired) electrons. The van der Waals surface area contributed by atoms with Gasteiger partial charge < -0.3 is 10.0 Å². The lowest BCUT2D eigenvalue weighted by Gasteiger charge is -2.34. The number of amides is 1. The normalized spacial score (nSPS) is 25.2. The number of aryl methyl sites for hydroxylation is 1. The van der Waals surface area contributed by atoms with Gasteiger partial charge in [0, 0.05) is 24.5 Å². The van der Waals surface area contributed by atoms with Crippen LogP contribution in [0.15, 0.2) is 16.3 Å². The fourth-order valence-electron chi connectivity index (χ4n) is 3.56. The minimum Gasteiger partial charge on any atom is -0.480 e. The second-order valence-corrected chi connectivity index (χ2v) is 10.0. The molecule has 0 aliphatic carbocycles. The van der Waals surface area contributed by atoms with Gasteiger partial charge in [-0.3, -0.25) is 4.79 Å². The second kappa shape index (κ2) is 7.05. The zero-order valence-electron chi connectivity index (χ0n) is 14.1. The quantitative estimate of drug-likeness (QED) is 0.847. The summed E-state index contributed by atoms with van der Waals surface area (Å²) in [6.07, 6.45) is 2.33. The highest BCUT2D eigenvalue weighted by Gasteiger charge is 2.40. The summed E-state index contributed by atoms with van der Waals surface area (Å²) in [5.41, 5.74) is 0. The summed E-state index contributed by atoms with van der Waals surface area (Å²) in [7, 11) is -3.60. The van der Waals surface area contributed by atoms with Crippen LogP contribution >= 0.6 is 11.3 Å². The highest BCUT2D eigenvalue weighted by Crippen LogP contribution is 2.30. The molecular weight excluding hydrogens is 364 g/mol. The van der Waals surface area contributed by atoms with Gasteiger partial charge in [0.2, 0.25) is 5.91 Å². The molecule has 1 unspecified atom stereocenters. The number of hydrogen-bond donors (Lipinski definition) is 1. The first-order valence-electron chi connectivity index (χ1n) is 8.40. The molecule has 0 spiro atoms.